The van der Waals surface area contributed by atoms with E-state index in [-0.39, 0.29) is 0 Å². The summed E-state index contributed by atoms with van der Waals surface area (Å²) in [6.45, 7) is 2.14. The lowest BCUT2D eigenvalue weighted by atomic mass is 9.89. The summed E-state index contributed by atoms with van der Waals surface area (Å²) in [6.07, 6.45) is 24.4. The van der Waals surface area contributed by atoms with Gasteiger partial charge in [0.05, 0.1) is 5.69 Å². The highest BCUT2D eigenvalue weighted by Crippen LogP contribution is 2.42. The third kappa shape index (κ3) is 6.19. The van der Waals surface area contributed by atoms with E-state index in [1.54, 1.807) is 0 Å². The van der Waals surface area contributed by atoms with Crippen LogP contribution in [0.1, 0.15) is 34.7 Å². The van der Waals surface area contributed by atoms with Crippen molar-refractivity contribution in [2.24, 2.45) is 0 Å². The molecular weight excluding hydrogens is 687 g/mol. The first-order valence-corrected chi connectivity index (χ1v) is 19.7. The smallest absolute Gasteiger partial charge is 0.0546 e. The van der Waals surface area contributed by atoms with Gasteiger partial charge in [0.25, 0.3) is 0 Å². The molecule has 0 saturated carbocycles. The molecule has 0 heterocycles. The van der Waals surface area contributed by atoms with Crippen LogP contribution in [0.5, 0.6) is 0 Å². The second-order valence-electron chi connectivity index (χ2n) is 14.6. The van der Waals surface area contributed by atoms with Gasteiger partial charge >= 0.3 is 0 Å². The van der Waals surface area contributed by atoms with Gasteiger partial charge in [0.15, 0.2) is 0 Å². The van der Waals surface area contributed by atoms with Crippen LogP contribution >= 0.6 is 0 Å². The Balaban J connectivity index is 1.13. The maximum absolute atomic E-state index is 3.37. The number of rotatable bonds is 7. The van der Waals surface area contributed by atoms with Crippen LogP contribution in [0.2, 0.25) is 0 Å². The molecule has 0 atom stereocenters. The normalized spacial score (nSPS) is 13.2. The van der Waals surface area contributed by atoms with Crippen LogP contribution in [0.25, 0.3) is 78.5 Å². The van der Waals surface area contributed by atoms with E-state index < -0.39 is 0 Å². The maximum Gasteiger partial charge on any atom is 0.0546 e. The Hall–Kier alpha value is -7.40. The van der Waals surface area contributed by atoms with Crippen LogP contribution < -0.4 is 4.90 Å². The number of benzene rings is 8. The molecule has 0 spiro atoms. The molecule has 0 aromatic heterocycles. The molecule has 2 aliphatic carbocycles. The number of nitrogens with zero attached hydrogens (tertiary/aromatic N) is 1. The van der Waals surface area contributed by atoms with Gasteiger partial charge < -0.3 is 4.90 Å². The molecule has 8 aromatic carbocycles. The lowest BCUT2D eigenvalue weighted by Gasteiger charge is -2.29. The zero-order valence-electron chi connectivity index (χ0n) is 31.8. The molecular formula is C56H39N. The van der Waals surface area contributed by atoms with Crippen molar-refractivity contribution >= 4 is 78.8 Å². The third-order valence-electron chi connectivity index (χ3n) is 11.3. The highest BCUT2D eigenvalue weighted by atomic mass is 15.1. The van der Waals surface area contributed by atoms with Crippen molar-refractivity contribution in [3.8, 4) is 11.1 Å². The first kappa shape index (κ1) is 34.1. The molecule has 57 heavy (non-hydrogen) atoms. The van der Waals surface area contributed by atoms with Crippen molar-refractivity contribution in [3.63, 3.8) is 0 Å². The first-order chi connectivity index (χ1) is 28.2. The Morgan fingerprint density at radius 3 is 1.95 bits per heavy atom. The number of anilines is 2. The van der Waals surface area contributed by atoms with E-state index in [0.29, 0.717) is 0 Å². The molecule has 0 unspecified atom stereocenters. The monoisotopic (exact) mass is 725 g/mol. The molecule has 0 N–H and O–H groups in total. The largest absolute Gasteiger partial charge is 0.310 e. The molecule has 10 rings (SSSR count). The van der Waals surface area contributed by atoms with Gasteiger partial charge in [0.1, 0.15) is 0 Å². The number of hydrogen-bond acceptors (Lipinski definition) is 1. The Bertz CT molecular complexity index is 3170. The van der Waals surface area contributed by atoms with Crippen molar-refractivity contribution in [3.05, 3.63) is 227 Å². The van der Waals surface area contributed by atoms with E-state index in [4.69, 9.17) is 0 Å². The summed E-state index contributed by atoms with van der Waals surface area (Å²) in [4.78, 5) is 2.43. The fraction of sp³-hybridized carbons (Fsp3) is 0.0357. The lowest BCUT2D eigenvalue weighted by molar-refractivity contribution is 1.19. The molecule has 0 fully saturated rings. The van der Waals surface area contributed by atoms with Gasteiger partial charge in [-0.1, -0.05) is 146 Å². The molecule has 1 heteroatoms. The first-order valence-electron chi connectivity index (χ1n) is 19.7. The van der Waals surface area contributed by atoms with E-state index >= 15 is 0 Å². The van der Waals surface area contributed by atoms with Crippen molar-refractivity contribution in [1.29, 1.82) is 0 Å². The van der Waals surface area contributed by atoms with Gasteiger partial charge in [-0.25, -0.2) is 0 Å². The second kappa shape index (κ2) is 14.7. The molecule has 0 amide bonds. The Kier molecular flexibility index (Phi) is 8.79. The fourth-order valence-corrected chi connectivity index (χ4v) is 8.68. The van der Waals surface area contributed by atoms with Gasteiger partial charge in [-0.15, -0.1) is 11.5 Å². The van der Waals surface area contributed by atoms with Gasteiger partial charge in [0, 0.05) is 16.8 Å². The topological polar surface area (TPSA) is 3.24 Å². The third-order valence-corrected chi connectivity index (χ3v) is 11.3. The lowest BCUT2D eigenvalue weighted by Crippen LogP contribution is -2.15. The van der Waals surface area contributed by atoms with Crippen LogP contribution in [-0.2, 0) is 6.42 Å². The van der Waals surface area contributed by atoms with Crippen molar-refractivity contribution in [2.75, 3.05) is 4.90 Å². The average molecular weight is 726 g/mol. The van der Waals surface area contributed by atoms with E-state index in [9.17, 15) is 0 Å². The summed E-state index contributed by atoms with van der Waals surface area (Å²) in [5.74, 6) is 0. The summed E-state index contributed by atoms with van der Waals surface area (Å²) < 4.78 is 0. The molecule has 8 aromatic rings. The summed E-state index contributed by atoms with van der Waals surface area (Å²) in [5, 5.41) is 9.91. The number of allylic oxidation sites excluding steroid dienone is 7. The quantitative estimate of drug-likeness (QED) is 0.0898. The highest BCUT2D eigenvalue weighted by Gasteiger charge is 2.20. The summed E-state index contributed by atoms with van der Waals surface area (Å²) in [7, 11) is 0. The SMILES string of the molecule is C/C=C(\C=C/Cc1c2c(cc3ccccc13)C=CC=C=C2)N(c1ccc(-c2c3c(cc4ccccc24)C=C=CC=C3)cc1)c1cc2ccccc2c2ccccc12. The fourth-order valence-electron chi connectivity index (χ4n) is 8.68. The van der Waals surface area contributed by atoms with E-state index in [1.165, 1.54) is 82.0 Å². The molecule has 268 valence electrons. The molecule has 0 saturated heterocycles. The molecule has 1 nitrogen and oxygen atoms in total. The zero-order valence-corrected chi connectivity index (χ0v) is 31.8. The number of fused-ring (bicyclic) bond motifs is 7. The standard InChI is InChI=1S/C56H39N/c1-2-45(23-17-31-52-47-24-7-3-5-18-40(47)36-41-20-9-12-25-48(41)52)57(55-38-44-22-10-13-26-49(44)53-29-15-16-30-54(53)55)46-34-32-39(33-35-46)56-50-27-8-4-6-19-42(50)37-43-21-11-14-28-51(43)56/h2-5,8-30,32-38H,31H2,1H3/b23-17-,45-2+. The summed E-state index contributed by atoms with van der Waals surface area (Å²) >= 11 is 0. The number of hydrogen-bond donors (Lipinski definition) is 0. The van der Waals surface area contributed by atoms with Crippen molar-refractivity contribution < 1.29 is 0 Å². The minimum absolute atomic E-state index is 0.779. The molecule has 2 aliphatic rings. The van der Waals surface area contributed by atoms with Crippen LogP contribution in [0.4, 0.5) is 11.4 Å². The highest BCUT2D eigenvalue weighted by molar-refractivity contribution is 6.14. The van der Waals surface area contributed by atoms with Crippen LogP contribution in [0, 0.1) is 0 Å². The Labute approximate surface area is 333 Å². The van der Waals surface area contributed by atoms with Gasteiger partial charge in [-0.05, 0) is 151 Å². The minimum atomic E-state index is 0.779. The maximum atomic E-state index is 3.37. The van der Waals surface area contributed by atoms with Gasteiger partial charge in [-0.3, -0.25) is 0 Å². The molecule has 0 radical (unpaired) electrons. The minimum Gasteiger partial charge on any atom is -0.310 e. The summed E-state index contributed by atoms with van der Waals surface area (Å²) in [5.41, 5.74) is 18.6. The van der Waals surface area contributed by atoms with Crippen molar-refractivity contribution in [1.82, 2.24) is 0 Å². The van der Waals surface area contributed by atoms with Crippen molar-refractivity contribution in [2.45, 2.75) is 13.3 Å². The van der Waals surface area contributed by atoms with Gasteiger partial charge in [0.2, 0.25) is 0 Å². The van der Waals surface area contributed by atoms with Crippen LogP contribution in [0.15, 0.2) is 199 Å². The summed E-state index contributed by atoms with van der Waals surface area (Å²) in [6, 6.07) is 51.0. The molecule has 0 aliphatic heterocycles. The predicted octanol–water partition coefficient (Wildman–Crippen LogP) is 15.2. The average Bonchev–Trinajstić information content (AvgIpc) is 3.66. The van der Waals surface area contributed by atoms with E-state index in [1.807, 2.05) is 12.2 Å². The van der Waals surface area contributed by atoms with E-state index in [2.05, 4.69) is 217 Å². The van der Waals surface area contributed by atoms with Crippen LogP contribution in [0.3, 0.4) is 0 Å². The van der Waals surface area contributed by atoms with Crippen LogP contribution in [-0.4, -0.2) is 0 Å². The predicted molar refractivity (Wildman–Crippen MR) is 247 cm³/mol. The Morgan fingerprint density at radius 2 is 1.18 bits per heavy atom. The second-order valence-corrected chi connectivity index (χ2v) is 14.6. The van der Waals surface area contributed by atoms with Gasteiger partial charge in [-0.2, -0.15) is 0 Å². The Morgan fingerprint density at radius 1 is 0.561 bits per heavy atom. The molecule has 0 bridgehead atoms. The zero-order chi connectivity index (χ0) is 38.1. The van der Waals surface area contributed by atoms with E-state index in [0.717, 1.165) is 23.5 Å².